The summed E-state index contributed by atoms with van der Waals surface area (Å²) in [7, 11) is 5.43. The average Bonchev–Trinajstić information content (AvgIpc) is 2.37. The molecule has 1 rings (SSSR count). The Balaban J connectivity index is 2.51. The predicted molar refractivity (Wildman–Crippen MR) is 80.3 cm³/mol. The summed E-state index contributed by atoms with van der Waals surface area (Å²) >= 11 is 3.49. The lowest BCUT2D eigenvalue weighted by Crippen LogP contribution is -2.21. The van der Waals surface area contributed by atoms with E-state index in [1.165, 1.54) is 0 Å². The van der Waals surface area contributed by atoms with Gasteiger partial charge < -0.3 is 15.0 Å². The molecule has 0 fully saturated rings. The van der Waals surface area contributed by atoms with Crippen molar-refractivity contribution in [3.05, 3.63) is 28.2 Å². The summed E-state index contributed by atoms with van der Waals surface area (Å²) < 4.78 is 6.74. The molecule has 1 aromatic carbocycles. The van der Waals surface area contributed by atoms with Crippen LogP contribution in [-0.2, 0) is 11.3 Å². The molecular weight excluding hydrogens is 308 g/mol. The maximum absolute atomic E-state index is 11.4. The Hall–Kier alpha value is -1.07. The summed E-state index contributed by atoms with van der Waals surface area (Å²) in [5.41, 5.74) is 1.11. The molecule has 0 aliphatic carbocycles. The molecule has 1 aromatic rings. The number of carbonyl (C=O) groups excluding carboxylic acids is 1. The van der Waals surface area contributed by atoms with Crippen molar-refractivity contribution in [2.75, 3.05) is 27.7 Å². The van der Waals surface area contributed by atoms with Gasteiger partial charge in [0.15, 0.2) is 0 Å². The second kappa shape index (κ2) is 8.17. The normalized spacial score (nSPS) is 10.3. The van der Waals surface area contributed by atoms with Crippen molar-refractivity contribution in [3.63, 3.8) is 0 Å². The van der Waals surface area contributed by atoms with Crippen LogP contribution < -0.4 is 10.1 Å². The number of para-hydroxylation sites is 1. The third kappa shape index (κ3) is 5.20. The molecule has 1 N–H and O–H groups in total. The van der Waals surface area contributed by atoms with E-state index in [2.05, 4.69) is 21.2 Å². The van der Waals surface area contributed by atoms with Crippen LogP contribution in [0.15, 0.2) is 22.7 Å². The molecule has 19 heavy (non-hydrogen) atoms. The summed E-state index contributed by atoms with van der Waals surface area (Å²) in [4.78, 5) is 13.0. The van der Waals surface area contributed by atoms with Gasteiger partial charge in [-0.15, -0.1) is 0 Å². The van der Waals surface area contributed by atoms with E-state index in [1.54, 1.807) is 19.0 Å². The maximum atomic E-state index is 11.4. The van der Waals surface area contributed by atoms with E-state index < -0.39 is 0 Å². The van der Waals surface area contributed by atoms with Gasteiger partial charge in [0.1, 0.15) is 5.75 Å². The molecule has 0 radical (unpaired) electrons. The molecule has 0 bridgehead atoms. The fourth-order valence-corrected chi connectivity index (χ4v) is 2.19. The summed E-state index contributed by atoms with van der Waals surface area (Å²) in [5, 5.41) is 3.11. The second-order valence-corrected chi connectivity index (χ2v) is 5.35. The van der Waals surface area contributed by atoms with Crippen LogP contribution in [0.25, 0.3) is 0 Å². The highest BCUT2D eigenvalue weighted by Gasteiger charge is 2.08. The topological polar surface area (TPSA) is 41.6 Å². The highest BCUT2D eigenvalue weighted by atomic mass is 79.9. The standard InChI is InChI=1S/C14H21BrN2O2/c1-16-10-11-6-4-7-12(15)14(11)19-9-5-8-13(18)17(2)3/h4,6-7,16H,5,8-10H2,1-3H3. The van der Waals surface area contributed by atoms with Gasteiger partial charge in [-0.2, -0.15) is 0 Å². The Labute approximate surface area is 123 Å². The van der Waals surface area contributed by atoms with Crippen molar-refractivity contribution in [1.82, 2.24) is 10.2 Å². The van der Waals surface area contributed by atoms with Gasteiger partial charge in [-0.05, 0) is 35.5 Å². The van der Waals surface area contributed by atoms with Gasteiger partial charge in [0, 0.05) is 32.6 Å². The van der Waals surface area contributed by atoms with Gasteiger partial charge in [0.25, 0.3) is 0 Å². The molecular formula is C14H21BrN2O2. The average molecular weight is 329 g/mol. The number of rotatable bonds is 7. The maximum Gasteiger partial charge on any atom is 0.222 e. The number of nitrogens with zero attached hydrogens (tertiary/aromatic N) is 1. The van der Waals surface area contributed by atoms with E-state index in [9.17, 15) is 4.79 Å². The molecule has 4 nitrogen and oxygen atoms in total. The van der Waals surface area contributed by atoms with E-state index in [0.29, 0.717) is 13.0 Å². The minimum absolute atomic E-state index is 0.131. The smallest absolute Gasteiger partial charge is 0.222 e. The highest BCUT2D eigenvalue weighted by molar-refractivity contribution is 9.10. The first-order valence-electron chi connectivity index (χ1n) is 6.31. The zero-order chi connectivity index (χ0) is 14.3. The molecule has 5 heteroatoms. The first kappa shape index (κ1) is 16.0. The minimum Gasteiger partial charge on any atom is -0.492 e. The summed E-state index contributed by atoms with van der Waals surface area (Å²) in [5.74, 6) is 0.986. The van der Waals surface area contributed by atoms with Crippen molar-refractivity contribution in [2.24, 2.45) is 0 Å². The number of hydrogen-bond donors (Lipinski definition) is 1. The fraction of sp³-hybridized carbons (Fsp3) is 0.500. The number of ether oxygens (including phenoxy) is 1. The molecule has 0 aromatic heterocycles. The van der Waals surface area contributed by atoms with E-state index >= 15 is 0 Å². The summed E-state index contributed by atoms with van der Waals surface area (Å²) in [6.07, 6.45) is 1.23. The second-order valence-electron chi connectivity index (χ2n) is 4.50. The first-order valence-corrected chi connectivity index (χ1v) is 7.10. The van der Waals surface area contributed by atoms with Gasteiger partial charge >= 0.3 is 0 Å². The molecule has 0 heterocycles. The number of amides is 1. The van der Waals surface area contributed by atoms with Crippen LogP contribution in [0, 0.1) is 0 Å². The number of hydrogen-bond acceptors (Lipinski definition) is 3. The van der Waals surface area contributed by atoms with Gasteiger partial charge in [-0.25, -0.2) is 0 Å². The van der Waals surface area contributed by atoms with Crippen LogP contribution in [0.1, 0.15) is 18.4 Å². The minimum atomic E-state index is 0.131. The number of benzene rings is 1. The lowest BCUT2D eigenvalue weighted by Gasteiger charge is -2.14. The molecule has 0 saturated carbocycles. The van der Waals surface area contributed by atoms with Crippen LogP contribution in [0.5, 0.6) is 5.75 Å². The van der Waals surface area contributed by atoms with Crippen molar-refractivity contribution in [3.8, 4) is 5.75 Å². The zero-order valence-electron chi connectivity index (χ0n) is 11.7. The van der Waals surface area contributed by atoms with Gasteiger partial charge in [0.2, 0.25) is 5.91 Å². The van der Waals surface area contributed by atoms with E-state index in [0.717, 1.165) is 28.8 Å². The summed E-state index contributed by atoms with van der Waals surface area (Å²) in [6.45, 7) is 1.30. The van der Waals surface area contributed by atoms with Crippen LogP contribution >= 0.6 is 15.9 Å². The fourth-order valence-electron chi connectivity index (χ4n) is 1.67. The molecule has 0 atom stereocenters. The molecule has 106 valence electrons. The third-order valence-corrected chi connectivity index (χ3v) is 3.32. The quantitative estimate of drug-likeness (QED) is 0.781. The van der Waals surface area contributed by atoms with Crippen LogP contribution in [0.2, 0.25) is 0 Å². The van der Waals surface area contributed by atoms with Gasteiger partial charge in [0.05, 0.1) is 11.1 Å². The highest BCUT2D eigenvalue weighted by Crippen LogP contribution is 2.29. The molecule has 0 unspecified atom stereocenters. The Bertz CT molecular complexity index is 422. The number of nitrogens with one attached hydrogen (secondary N) is 1. The lowest BCUT2D eigenvalue weighted by molar-refractivity contribution is -0.128. The Morgan fingerprint density at radius 1 is 1.42 bits per heavy atom. The number of carbonyl (C=O) groups is 1. The van der Waals surface area contributed by atoms with Crippen LogP contribution in [0.4, 0.5) is 0 Å². The van der Waals surface area contributed by atoms with Crippen LogP contribution in [-0.4, -0.2) is 38.6 Å². The van der Waals surface area contributed by atoms with Crippen molar-refractivity contribution >= 4 is 21.8 Å². The molecule has 0 aliphatic rings. The third-order valence-electron chi connectivity index (χ3n) is 2.70. The largest absolute Gasteiger partial charge is 0.492 e. The lowest BCUT2D eigenvalue weighted by atomic mass is 10.2. The molecule has 0 saturated heterocycles. The Kier molecular flexibility index (Phi) is 6.87. The van der Waals surface area contributed by atoms with Gasteiger partial charge in [-0.1, -0.05) is 12.1 Å². The first-order chi connectivity index (χ1) is 9.06. The molecule has 0 aliphatic heterocycles. The van der Waals surface area contributed by atoms with Crippen molar-refractivity contribution in [1.29, 1.82) is 0 Å². The molecule has 1 amide bonds. The SMILES string of the molecule is CNCc1cccc(Br)c1OCCCC(=O)N(C)C. The number of halogens is 1. The van der Waals surface area contributed by atoms with E-state index in [-0.39, 0.29) is 5.91 Å². The monoisotopic (exact) mass is 328 g/mol. The Morgan fingerprint density at radius 3 is 2.79 bits per heavy atom. The molecule has 0 spiro atoms. The van der Waals surface area contributed by atoms with Gasteiger partial charge in [-0.3, -0.25) is 4.79 Å². The predicted octanol–water partition coefficient (Wildman–Crippen LogP) is 2.42. The van der Waals surface area contributed by atoms with E-state index in [1.807, 2.05) is 25.2 Å². The summed E-state index contributed by atoms with van der Waals surface area (Å²) in [6, 6.07) is 5.97. The van der Waals surface area contributed by atoms with Crippen LogP contribution in [0.3, 0.4) is 0 Å². The van der Waals surface area contributed by atoms with E-state index in [4.69, 9.17) is 4.74 Å². The zero-order valence-corrected chi connectivity index (χ0v) is 13.3. The Morgan fingerprint density at radius 2 is 2.16 bits per heavy atom. The van der Waals surface area contributed by atoms with Crippen molar-refractivity contribution < 1.29 is 9.53 Å². The van der Waals surface area contributed by atoms with Crippen molar-refractivity contribution in [2.45, 2.75) is 19.4 Å².